The third-order valence-corrected chi connectivity index (χ3v) is 7.75. The highest BCUT2D eigenvalue weighted by molar-refractivity contribution is 7.21. The summed E-state index contributed by atoms with van der Waals surface area (Å²) in [5, 5.41) is 5.15. The third kappa shape index (κ3) is 4.26. The molecule has 0 fully saturated rings. The van der Waals surface area contributed by atoms with Crippen LogP contribution in [0.1, 0.15) is 25.8 Å². The van der Waals surface area contributed by atoms with Gasteiger partial charge in [-0.3, -0.25) is 9.59 Å². The Morgan fingerprint density at radius 1 is 0.971 bits per heavy atom. The summed E-state index contributed by atoms with van der Waals surface area (Å²) >= 11 is 26.3. The van der Waals surface area contributed by atoms with Crippen LogP contribution in [-0.4, -0.2) is 18.8 Å². The van der Waals surface area contributed by atoms with Gasteiger partial charge in [0, 0.05) is 26.1 Å². The maximum Gasteiger partial charge on any atom is 0.267 e. The van der Waals surface area contributed by atoms with Gasteiger partial charge in [0.1, 0.15) is 16.2 Å². The van der Waals surface area contributed by atoms with E-state index in [2.05, 4.69) is 5.32 Å². The predicted octanol–water partition coefficient (Wildman–Crippen LogP) is 8.75. The number of hydrogen-bond donors (Lipinski definition) is 1. The quantitative estimate of drug-likeness (QED) is 0.217. The fraction of sp³-hybridized carbons (Fsp3) is 0.0400. The smallest absolute Gasteiger partial charge is 0.267 e. The zero-order valence-electron chi connectivity index (χ0n) is 17.7. The lowest BCUT2D eigenvalue weighted by Gasteiger charge is -2.07. The van der Waals surface area contributed by atoms with Crippen LogP contribution in [0, 0.1) is 0 Å². The normalized spacial score (nSPS) is 11.2. The summed E-state index contributed by atoms with van der Waals surface area (Å²) in [7, 11) is 1.48. The summed E-state index contributed by atoms with van der Waals surface area (Å²) < 4.78 is 11.7. The summed E-state index contributed by atoms with van der Waals surface area (Å²) in [4.78, 5) is 27.0. The number of halogens is 4. The molecule has 1 amide bonds. The number of furan rings is 1. The molecule has 1 N–H and O–H groups in total. The molecule has 0 aliphatic heterocycles. The fourth-order valence-corrected chi connectivity index (χ4v) is 6.23. The van der Waals surface area contributed by atoms with Gasteiger partial charge in [-0.15, -0.1) is 11.3 Å². The number of nitrogens with one attached hydrogen (secondary N) is 1. The van der Waals surface area contributed by atoms with Crippen molar-refractivity contribution in [1.29, 1.82) is 0 Å². The van der Waals surface area contributed by atoms with Crippen molar-refractivity contribution in [3.63, 3.8) is 0 Å². The first-order valence-corrected chi connectivity index (χ1v) is 12.4. The highest BCUT2D eigenvalue weighted by atomic mass is 35.5. The van der Waals surface area contributed by atoms with E-state index < -0.39 is 11.7 Å². The Morgan fingerprint density at radius 2 is 1.74 bits per heavy atom. The average molecular weight is 565 g/mol. The third-order valence-electron chi connectivity index (χ3n) is 5.31. The van der Waals surface area contributed by atoms with Crippen LogP contribution in [0.25, 0.3) is 21.1 Å². The largest absolute Gasteiger partial charge is 0.495 e. The molecule has 5 rings (SSSR count). The van der Waals surface area contributed by atoms with Crippen LogP contribution in [0.2, 0.25) is 20.1 Å². The van der Waals surface area contributed by atoms with Crippen molar-refractivity contribution in [1.82, 2.24) is 0 Å². The molecule has 10 heteroatoms. The average Bonchev–Trinajstić information content (AvgIpc) is 3.36. The number of methoxy groups -OCH3 is 1. The number of fused-ring (bicyclic) bond motifs is 2. The number of rotatable bonds is 5. The van der Waals surface area contributed by atoms with Gasteiger partial charge in [0.25, 0.3) is 5.91 Å². The topological polar surface area (TPSA) is 68.5 Å². The van der Waals surface area contributed by atoms with Crippen molar-refractivity contribution in [3.8, 4) is 5.75 Å². The van der Waals surface area contributed by atoms with E-state index in [9.17, 15) is 9.59 Å². The van der Waals surface area contributed by atoms with Gasteiger partial charge in [0.15, 0.2) is 5.76 Å². The molecule has 2 aromatic heterocycles. The first-order valence-electron chi connectivity index (χ1n) is 10.1. The van der Waals surface area contributed by atoms with Crippen LogP contribution < -0.4 is 10.1 Å². The molecule has 3 aromatic carbocycles. The number of thiophene rings is 1. The SMILES string of the molecule is COc1ccc(C(=O)c2oc3ccccc3c2NC(=O)c2sc3cc(Cl)cc(Cl)c3c2Cl)cc1Cl. The highest BCUT2D eigenvalue weighted by Crippen LogP contribution is 2.42. The van der Waals surface area contributed by atoms with E-state index in [-0.39, 0.29) is 31.9 Å². The molecular formula is C25H13Cl4NO4S. The molecule has 0 saturated heterocycles. The van der Waals surface area contributed by atoms with Gasteiger partial charge in [0.2, 0.25) is 5.78 Å². The first kappa shape index (κ1) is 24.0. The van der Waals surface area contributed by atoms with Crippen LogP contribution in [0.4, 0.5) is 5.69 Å². The number of hydrogen-bond acceptors (Lipinski definition) is 5. The van der Waals surface area contributed by atoms with Gasteiger partial charge < -0.3 is 14.5 Å². The first-order chi connectivity index (χ1) is 16.8. The summed E-state index contributed by atoms with van der Waals surface area (Å²) in [6.45, 7) is 0. The molecule has 176 valence electrons. The van der Waals surface area contributed by atoms with Crippen molar-refractivity contribution in [2.75, 3.05) is 12.4 Å². The monoisotopic (exact) mass is 563 g/mol. The molecule has 5 nitrogen and oxygen atoms in total. The summed E-state index contributed by atoms with van der Waals surface area (Å²) in [6, 6.07) is 14.9. The fourth-order valence-electron chi connectivity index (χ4n) is 3.70. The number of benzene rings is 3. The number of ketones is 1. The van der Waals surface area contributed by atoms with E-state index in [0.29, 0.717) is 36.9 Å². The summed E-state index contributed by atoms with van der Waals surface area (Å²) in [5.41, 5.74) is 0.926. The Morgan fingerprint density at radius 3 is 2.49 bits per heavy atom. The maximum absolute atomic E-state index is 13.4. The number of anilines is 1. The predicted molar refractivity (Wildman–Crippen MR) is 142 cm³/mol. The number of amides is 1. The molecule has 0 saturated carbocycles. The molecule has 0 radical (unpaired) electrons. The van der Waals surface area contributed by atoms with Gasteiger partial charge in [0.05, 0.1) is 27.9 Å². The second-order valence-corrected chi connectivity index (χ2v) is 10.1. The number of carbonyl (C=O) groups is 2. The number of ether oxygens (including phenoxy) is 1. The van der Waals surface area contributed by atoms with Crippen molar-refractivity contribution in [3.05, 3.63) is 90.9 Å². The second-order valence-electron chi connectivity index (χ2n) is 7.44. The van der Waals surface area contributed by atoms with E-state index >= 15 is 0 Å². The van der Waals surface area contributed by atoms with Gasteiger partial charge >= 0.3 is 0 Å². The van der Waals surface area contributed by atoms with E-state index in [1.54, 1.807) is 48.5 Å². The number of para-hydroxylation sites is 1. The molecular weight excluding hydrogens is 552 g/mol. The van der Waals surface area contributed by atoms with E-state index in [1.807, 2.05) is 0 Å². The summed E-state index contributed by atoms with van der Waals surface area (Å²) in [6.07, 6.45) is 0. The molecule has 0 atom stereocenters. The van der Waals surface area contributed by atoms with Crippen LogP contribution in [0.5, 0.6) is 5.75 Å². The number of carbonyl (C=O) groups excluding carboxylic acids is 2. The van der Waals surface area contributed by atoms with E-state index in [4.69, 9.17) is 55.6 Å². The van der Waals surface area contributed by atoms with Crippen molar-refractivity contribution < 1.29 is 18.7 Å². The van der Waals surface area contributed by atoms with Crippen molar-refractivity contribution in [2.24, 2.45) is 0 Å². The lowest BCUT2D eigenvalue weighted by molar-refractivity contribution is 0.101. The zero-order valence-corrected chi connectivity index (χ0v) is 21.6. The van der Waals surface area contributed by atoms with Crippen LogP contribution in [-0.2, 0) is 0 Å². The van der Waals surface area contributed by atoms with E-state index in [1.165, 1.54) is 13.2 Å². The Hall–Kier alpha value is -2.74. The maximum atomic E-state index is 13.4. The Bertz CT molecular complexity index is 1660. The molecule has 35 heavy (non-hydrogen) atoms. The zero-order chi connectivity index (χ0) is 24.9. The lowest BCUT2D eigenvalue weighted by Crippen LogP contribution is -2.13. The van der Waals surface area contributed by atoms with Crippen LogP contribution in [0.3, 0.4) is 0 Å². The minimum Gasteiger partial charge on any atom is -0.495 e. The second kappa shape index (κ2) is 9.37. The molecule has 2 heterocycles. The van der Waals surface area contributed by atoms with Gasteiger partial charge in [-0.2, -0.15) is 0 Å². The van der Waals surface area contributed by atoms with Crippen molar-refractivity contribution >= 4 is 96.2 Å². The molecule has 0 bridgehead atoms. The lowest BCUT2D eigenvalue weighted by atomic mass is 10.1. The van der Waals surface area contributed by atoms with Crippen LogP contribution in [0.15, 0.2) is 59.0 Å². The molecule has 0 aliphatic carbocycles. The minimum absolute atomic E-state index is 0.0425. The summed E-state index contributed by atoms with van der Waals surface area (Å²) in [5.74, 6) is -0.589. The molecule has 0 spiro atoms. The van der Waals surface area contributed by atoms with Gasteiger partial charge in [-0.05, 0) is 42.5 Å². The minimum atomic E-state index is -0.517. The van der Waals surface area contributed by atoms with Gasteiger partial charge in [-0.25, -0.2) is 0 Å². The molecule has 0 unspecified atom stereocenters. The van der Waals surface area contributed by atoms with E-state index in [0.717, 1.165) is 11.3 Å². The molecule has 5 aromatic rings. The standard InChI is InChI=1S/C25H13Cl4NO4S/c1-33-17-7-6-11(8-14(17)27)22(31)23-21(13-4-2-3-5-16(13)34-23)30-25(32)24-20(29)19-15(28)9-12(26)10-18(19)35-24/h2-10H,1H3,(H,30,32). The Kier molecular flexibility index (Phi) is 6.42. The Labute approximate surface area is 223 Å². The Balaban J connectivity index is 1.59. The van der Waals surface area contributed by atoms with Crippen molar-refractivity contribution in [2.45, 2.75) is 0 Å². The highest BCUT2D eigenvalue weighted by Gasteiger charge is 2.26. The van der Waals surface area contributed by atoms with Gasteiger partial charge in [-0.1, -0.05) is 58.5 Å². The molecule has 0 aliphatic rings. The van der Waals surface area contributed by atoms with Crippen LogP contribution >= 0.6 is 57.7 Å².